The van der Waals surface area contributed by atoms with E-state index in [0.717, 1.165) is 5.56 Å². The van der Waals surface area contributed by atoms with Crippen LogP contribution >= 0.6 is 0 Å². The Morgan fingerprint density at radius 3 is 2.62 bits per heavy atom. The number of aliphatic hydroxyl groups is 1. The maximum absolute atomic E-state index is 12.9. The molecule has 0 saturated heterocycles. The molecule has 1 aromatic carbocycles. The van der Waals surface area contributed by atoms with E-state index in [1.54, 1.807) is 24.3 Å². The van der Waals surface area contributed by atoms with Crippen molar-refractivity contribution in [3.63, 3.8) is 0 Å². The topological polar surface area (TPSA) is 119 Å². The number of nitrogens with one attached hydrogen (secondary N) is 1. The molecule has 1 amide bonds. The van der Waals surface area contributed by atoms with Crippen molar-refractivity contribution in [2.75, 3.05) is 6.54 Å². The summed E-state index contributed by atoms with van der Waals surface area (Å²) in [5.74, 6) is 0.715. The number of aromatic nitrogens is 4. The van der Waals surface area contributed by atoms with Crippen LogP contribution in [0, 0.1) is 0 Å². The third kappa shape index (κ3) is 4.14. The van der Waals surface area contributed by atoms with Crippen LogP contribution in [0.1, 0.15) is 17.6 Å². The molecule has 9 heteroatoms. The molecule has 9 nitrogen and oxygen atoms in total. The Morgan fingerprint density at radius 1 is 1.10 bits per heavy atom. The van der Waals surface area contributed by atoms with Gasteiger partial charge in [0.15, 0.2) is 5.82 Å². The molecule has 0 aliphatic heterocycles. The zero-order chi connectivity index (χ0) is 20.1. The predicted octanol–water partition coefficient (Wildman–Crippen LogP) is 2.37. The number of hydrogen-bond acceptors (Lipinski definition) is 7. The molecule has 0 fully saturated rings. The zero-order valence-corrected chi connectivity index (χ0v) is 15.2. The molecule has 3 heterocycles. The summed E-state index contributed by atoms with van der Waals surface area (Å²) in [4.78, 5) is 12.9. The molecule has 0 bridgehead atoms. The Labute approximate surface area is 165 Å². The molecule has 0 aliphatic rings. The van der Waals surface area contributed by atoms with Gasteiger partial charge in [0.05, 0.1) is 19.1 Å². The molecule has 4 rings (SSSR count). The lowest BCUT2D eigenvalue weighted by molar-refractivity contribution is -0.116. The standard InChI is InChI=1S/C20H17N5O4/c26-17(18-9-5-11-29-18)13-21-20(27)16(12-15-8-4-10-28-15)25-19(22-23-24-25)14-6-2-1-3-7-14/h1-12,17,26H,13H2,(H,21,27)/b16-12-. The van der Waals surface area contributed by atoms with Gasteiger partial charge in [0.1, 0.15) is 23.3 Å². The number of furan rings is 2. The Balaban J connectivity index is 1.63. The number of hydrogen-bond donors (Lipinski definition) is 2. The van der Waals surface area contributed by atoms with E-state index in [1.165, 1.54) is 23.3 Å². The van der Waals surface area contributed by atoms with Crippen molar-refractivity contribution in [2.45, 2.75) is 6.10 Å². The maximum Gasteiger partial charge on any atom is 0.270 e. The van der Waals surface area contributed by atoms with E-state index < -0.39 is 12.0 Å². The largest absolute Gasteiger partial charge is 0.467 e. The van der Waals surface area contributed by atoms with Crippen LogP contribution in [0.5, 0.6) is 0 Å². The van der Waals surface area contributed by atoms with Crippen molar-refractivity contribution >= 4 is 17.7 Å². The number of tetrazole rings is 1. The minimum Gasteiger partial charge on any atom is -0.467 e. The molecule has 0 aliphatic carbocycles. The number of carbonyl (C=O) groups excluding carboxylic acids is 1. The van der Waals surface area contributed by atoms with E-state index in [2.05, 4.69) is 20.8 Å². The average Bonchev–Trinajstić information content (AvgIpc) is 3.52. The van der Waals surface area contributed by atoms with Crippen molar-refractivity contribution in [3.05, 3.63) is 78.6 Å². The summed E-state index contributed by atoms with van der Waals surface area (Å²) in [5, 5.41) is 24.6. The SMILES string of the molecule is O=C(NCC(O)c1ccco1)/C(=C/c1ccco1)n1nnnc1-c1ccccc1. The van der Waals surface area contributed by atoms with Crippen LogP contribution in [0.3, 0.4) is 0 Å². The van der Waals surface area contributed by atoms with Crippen LogP contribution in [0.4, 0.5) is 0 Å². The van der Waals surface area contributed by atoms with Gasteiger partial charge in [-0.05, 0) is 34.7 Å². The Morgan fingerprint density at radius 2 is 1.90 bits per heavy atom. The highest BCUT2D eigenvalue weighted by molar-refractivity contribution is 6.18. The lowest BCUT2D eigenvalue weighted by Crippen LogP contribution is -2.31. The van der Waals surface area contributed by atoms with Gasteiger partial charge in [-0.2, -0.15) is 4.68 Å². The minimum atomic E-state index is -0.985. The summed E-state index contributed by atoms with van der Waals surface area (Å²) in [5.41, 5.74) is 0.877. The first kappa shape index (κ1) is 18.4. The first-order chi connectivity index (χ1) is 14.2. The van der Waals surface area contributed by atoms with Crippen molar-refractivity contribution < 1.29 is 18.7 Å². The highest BCUT2D eigenvalue weighted by atomic mass is 16.4. The van der Waals surface area contributed by atoms with Crippen molar-refractivity contribution in [1.29, 1.82) is 0 Å². The molecule has 3 aromatic heterocycles. The van der Waals surface area contributed by atoms with Crippen LogP contribution in [0.2, 0.25) is 0 Å². The van der Waals surface area contributed by atoms with Crippen LogP contribution in [0.25, 0.3) is 23.2 Å². The van der Waals surface area contributed by atoms with E-state index in [1.807, 2.05) is 30.3 Å². The van der Waals surface area contributed by atoms with Gasteiger partial charge in [0.2, 0.25) is 0 Å². The fourth-order valence-corrected chi connectivity index (χ4v) is 2.71. The van der Waals surface area contributed by atoms with E-state index in [0.29, 0.717) is 17.3 Å². The molecule has 0 spiro atoms. The Bertz CT molecular complexity index is 1090. The molecule has 0 saturated carbocycles. The monoisotopic (exact) mass is 391 g/mol. The van der Waals surface area contributed by atoms with Gasteiger partial charge in [-0.15, -0.1) is 5.10 Å². The number of rotatable bonds is 7. The quantitative estimate of drug-likeness (QED) is 0.464. The number of amides is 1. The Kier molecular flexibility index (Phi) is 5.30. The predicted molar refractivity (Wildman–Crippen MR) is 103 cm³/mol. The molecule has 0 radical (unpaired) electrons. The van der Waals surface area contributed by atoms with Crippen LogP contribution < -0.4 is 5.32 Å². The summed E-state index contributed by atoms with van der Waals surface area (Å²) in [6, 6.07) is 16.0. The molecular formula is C20H17N5O4. The van der Waals surface area contributed by atoms with Crippen LogP contribution in [-0.2, 0) is 4.79 Å². The normalized spacial score (nSPS) is 12.7. The fraction of sp³-hybridized carbons (Fsp3) is 0.100. The third-order valence-electron chi connectivity index (χ3n) is 4.11. The second kappa shape index (κ2) is 8.36. The first-order valence-corrected chi connectivity index (χ1v) is 8.81. The first-order valence-electron chi connectivity index (χ1n) is 8.81. The number of benzene rings is 1. The van der Waals surface area contributed by atoms with Crippen molar-refractivity contribution in [3.8, 4) is 11.4 Å². The number of nitrogens with zero attached hydrogens (tertiary/aromatic N) is 4. The van der Waals surface area contributed by atoms with E-state index in [4.69, 9.17) is 8.83 Å². The van der Waals surface area contributed by atoms with Gasteiger partial charge in [0, 0.05) is 11.6 Å². The lowest BCUT2D eigenvalue weighted by Gasteiger charge is -2.12. The second-order valence-electron chi connectivity index (χ2n) is 6.07. The number of carbonyl (C=O) groups is 1. The molecule has 4 aromatic rings. The summed E-state index contributed by atoms with van der Waals surface area (Å²) >= 11 is 0. The van der Waals surface area contributed by atoms with Crippen molar-refractivity contribution in [2.24, 2.45) is 0 Å². The summed E-state index contributed by atoms with van der Waals surface area (Å²) < 4.78 is 11.8. The van der Waals surface area contributed by atoms with Gasteiger partial charge in [-0.1, -0.05) is 30.3 Å². The maximum atomic E-state index is 12.9. The van der Waals surface area contributed by atoms with Crippen molar-refractivity contribution in [1.82, 2.24) is 25.5 Å². The van der Waals surface area contributed by atoms with Gasteiger partial charge < -0.3 is 19.3 Å². The van der Waals surface area contributed by atoms with Gasteiger partial charge in [-0.25, -0.2) is 0 Å². The highest BCUT2D eigenvalue weighted by Gasteiger charge is 2.21. The van der Waals surface area contributed by atoms with Crippen LogP contribution in [-0.4, -0.2) is 37.8 Å². The summed E-state index contributed by atoms with van der Waals surface area (Å²) in [6.07, 6.45) is 3.49. The Hall–Kier alpha value is -3.98. The lowest BCUT2D eigenvalue weighted by atomic mass is 10.2. The highest BCUT2D eigenvalue weighted by Crippen LogP contribution is 2.21. The van der Waals surface area contributed by atoms with Gasteiger partial charge >= 0.3 is 0 Å². The molecular weight excluding hydrogens is 374 g/mol. The number of aliphatic hydroxyl groups excluding tert-OH is 1. The van der Waals surface area contributed by atoms with E-state index in [9.17, 15) is 9.90 Å². The molecule has 1 unspecified atom stereocenters. The van der Waals surface area contributed by atoms with Crippen LogP contribution in [0.15, 0.2) is 76.0 Å². The molecule has 2 N–H and O–H groups in total. The smallest absolute Gasteiger partial charge is 0.270 e. The molecule has 146 valence electrons. The van der Waals surface area contributed by atoms with Gasteiger partial charge in [0.25, 0.3) is 5.91 Å². The zero-order valence-electron chi connectivity index (χ0n) is 15.2. The third-order valence-corrected chi connectivity index (χ3v) is 4.11. The molecule has 1 atom stereocenters. The minimum absolute atomic E-state index is 0.0510. The van der Waals surface area contributed by atoms with E-state index in [-0.39, 0.29) is 12.2 Å². The fourth-order valence-electron chi connectivity index (χ4n) is 2.71. The summed E-state index contributed by atoms with van der Waals surface area (Å²) in [6.45, 7) is -0.0510. The van der Waals surface area contributed by atoms with E-state index >= 15 is 0 Å². The molecule has 29 heavy (non-hydrogen) atoms. The second-order valence-corrected chi connectivity index (χ2v) is 6.07. The average molecular weight is 391 g/mol. The van der Waals surface area contributed by atoms with Gasteiger partial charge in [-0.3, -0.25) is 4.79 Å². The summed E-state index contributed by atoms with van der Waals surface area (Å²) in [7, 11) is 0.